The molecule has 0 aromatic heterocycles. The topological polar surface area (TPSA) is 74.6 Å². The van der Waals surface area contributed by atoms with E-state index in [1.54, 1.807) is 0 Å². The quantitative estimate of drug-likeness (QED) is 0.339. The lowest BCUT2D eigenvalue weighted by molar-refractivity contribution is -0.147. The molecule has 0 amide bonds. The van der Waals surface area contributed by atoms with E-state index in [4.69, 9.17) is 0 Å². The normalized spacial score (nSPS) is 37.7. The largest absolute Gasteiger partial charge is 0.481 e. The Labute approximate surface area is 206 Å². The maximum Gasteiger partial charge on any atom is 0.306 e. The van der Waals surface area contributed by atoms with Crippen LogP contribution in [0.15, 0.2) is 35.5 Å². The fraction of sp³-hybridized carbons (Fsp3) is 0.733. The number of carboxylic acids is 2. The van der Waals surface area contributed by atoms with E-state index in [0.29, 0.717) is 24.7 Å². The van der Waals surface area contributed by atoms with E-state index in [0.717, 1.165) is 44.1 Å². The third-order valence-corrected chi connectivity index (χ3v) is 10.5. The lowest BCUT2D eigenvalue weighted by atomic mass is 9.44. The molecule has 4 heteroatoms. The molecule has 2 N–H and O–H groups in total. The SMILES string of the molecule is C=C(C)[C@H]1CC=C2[C@@H](CC[C@]3(C)[C@@H]([C@@H](CCC=C(C)C)C(=O)O)CC[C@@]23C)[C@]1(C)CCC(=O)O. The van der Waals surface area contributed by atoms with Crippen molar-refractivity contribution in [3.63, 3.8) is 0 Å². The molecule has 34 heavy (non-hydrogen) atoms. The van der Waals surface area contributed by atoms with Crippen LogP contribution in [0.1, 0.15) is 99.3 Å². The number of hydrogen-bond donors (Lipinski definition) is 2. The zero-order valence-electron chi connectivity index (χ0n) is 22.2. The van der Waals surface area contributed by atoms with Gasteiger partial charge in [-0.1, -0.05) is 56.2 Å². The summed E-state index contributed by atoms with van der Waals surface area (Å²) in [7, 11) is 0. The lowest BCUT2D eigenvalue weighted by Gasteiger charge is -2.60. The number of hydrogen-bond acceptors (Lipinski definition) is 2. The van der Waals surface area contributed by atoms with Gasteiger partial charge >= 0.3 is 11.9 Å². The van der Waals surface area contributed by atoms with Gasteiger partial charge in [-0.2, -0.15) is 0 Å². The number of rotatable bonds is 9. The summed E-state index contributed by atoms with van der Waals surface area (Å²) in [5.41, 5.74) is 3.68. The van der Waals surface area contributed by atoms with Gasteiger partial charge in [0.05, 0.1) is 5.92 Å². The minimum absolute atomic E-state index is 0.0324. The molecule has 7 atom stereocenters. The van der Waals surface area contributed by atoms with E-state index in [2.05, 4.69) is 60.3 Å². The zero-order valence-corrected chi connectivity index (χ0v) is 22.2. The summed E-state index contributed by atoms with van der Waals surface area (Å²) < 4.78 is 0. The highest BCUT2D eigenvalue weighted by Crippen LogP contribution is 2.72. The molecule has 0 spiro atoms. The summed E-state index contributed by atoms with van der Waals surface area (Å²) in [6.45, 7) is 17.6. The van der Waals surface area contributed by atoms with Gasteiger partial charge in [-0.05, 0) is 106 Å². The summed E-state index contributed by atoms with van der Waals surface area (Å²) in [6, 6.07) is 0. The molecule has 2 saturated carbocycles. The van der Waals surface area contributed by atoms with Gasteiger partial charge in [0.25, 0.3) is 0 Å². The predicted octanol–water partition coefficient (Wildman–Crippen LogP) is 7.66. The number of carboxylic acid groups (broad SMARTS) is 2. The second-order valence-corrected chi connectivity index (χ2v) is 12.5. The fourth-order valence-corrected chi connectivity index (χ4v) is 8.37. The first kappa shape index (κ1) is 26.8. The molecule has 190 valence electrons. The van der Waals surface area contributed by atoms with Crippen molar-refractivity contribution in [2.75, 3.05) is 0 Å². The molecule has 0 aliphatic heterocycles. The van der Waals surface area contributed by atoms with Crippen LogP contribution < -0.4 is 0 Å². The van der Waals surface area contributed by atoms with Crippen LogP contribution in [0.25, 0.3) is 0 Å². The Morgan fingerprint density at radius 1 is 1.15 bits per heavy atom. The number of allylic oxidation sites excluding steroid dienone is 5. The Kier molecular flexibility index (Phi) is 7.60. The van der Waals surface area contributed by atoms with Crippen LogP contribution >= 0.6 is 0 Å². The average molecular weight is 471 g/mol. The van der Waals surface area contributed by atoms with Crippen LogP contribution in [0, 0.1) is 39.9 Å². The van der Waals surface area contributed by atoms with Crippen molar-refractivity contribution in [3.05, 3.63) is 35.5 Å². The first-order valence-corrected chi connectivity index (χ1v) is 13.2. The Morgan fingerprint density at radius 3 is 2.38 bits per heavy atom. The van der Waals surface area contributed by atoms with Crippen LogP contribution in [0.4, 0.5) is 0 Å². The minimum atomic E-state index is -0.730. The van der Waals surface area contributed by atoms with Gasteiger partial charge in [0, 0.05) is 6.42 Å². The van der Waals surface area contributed by atoms with Crippen LogP contribution in [0.2, 0.25) is 0 Å². The molecule has 0 heterocycles. The van der Waals surface area contributed by atoms with Crippen LogP contribution in [-0.4, -0.2) is 22.2 Å². The molecule has 0 bridgehead atoms. The van der Waals surface area contributed by atoms with Crippen molar-refractivity contribution in [3.8, 4) is 0 Å². The molecule has 0 aromatic carbocycles. The Bertz CT molecular complexity index is 893. The Balaban J connectivity index is 1.97. The van der Waals surface area contributed by atoms with E-state index in [1.165, 1.54) is 11.1 Å². The third kappa shape index (κ3) is 4.42. The van der Waals surface area contributed by atoms with Gasteiger partial charge in [-0.3, -0.25) is 9.59 Å². The molecule has 0 unspecified atom stereocenters. The summed E-state index contributed by atoms with van der Waals surface area (Å²) in [5, 5.41) is 19.7. The molecule has 0 radical (unpaired) electrons. The second-order valence-electron chi connectivity index (χ2n) is 12.5. The van der Waals surface area contributed by atoms with E-state index in [-0.39, 0.29) is 34.5 Å². The van der Waals surface area contributed by atoms with Crippen molar-refractivity contribution in [1.82, 2.24) is 0 Å². The monoisotopic (exact) mass is 470 g/mol. The number of carbonyl (C=O) groups is 2. The lowest BCUT2D eigenvalue weighted by Crippen LogP contribution is -2.52. The zero-order chi connectivity index (χ0) is 25.5. The van der Waals surface area contributed by atoms with Gasteiger partial charge < -0.3 is 10.2 Å². The molecule has 3 aliphatic rings. The van der Waals surface area contributed by atoms with Gasteiger partial charge in [0.2, 0.25) is 0 Å². The maximum absolute atomic E-state index is 12.4. The molecule has 0 aromatic rings. The van der Waals surface area contributed by atoms with E-state index in [9.17, 15) is 19.8 Å². The molecule has 0 saturated heterocycles. The maximum atomic E-state index is 12.4. The first-order valence-electron chi connectivity index (χ1n) is 13.2. The summed E-state index contributed by atoms with van der Waals surface area (Å²) >= 11 is 0. The molecule has 2 fully saturated rings. The van der Waals surface area contributed by atoms with Crippen LogP contribution in [0.3, 0.4) is 0 Å². The smallest absolute Gasteiger partial charge is 0.306 e. The van der Waals surface area contributed by atoms with Gasteiger partial charge in [0.1, 0.15) is 0 Å². The fourth-order valence-electron chi connectivity index (χ4n) is 8.37. The standard InChI is InChI=1S/C30H46O4/c1-19(2)9-8-10-21(27(33)34)23-13-17-30(7)25-12-11-22(20(3)4)28(5,16-15-26(31)32)24(25)14-18-29(23,30)6/h9,12,21-24H,3,8,10-11,13-18H2,1-2,4-7H3,(H,31,32)(H,33,34)/t21-,22-,23-,24-,28-,29-,30+/m1/s1. The summed E-state index contributed by atoms with van der Waals surface area (Å²) in [4.78, 5) is 24.0. The van der Waals surface area contributed by atoms with Crippen molar-refractivity contribution >= 4 is 11.9 Å². The van der Waals surface area contributed by atoms with Crippen molar-refractivity contribution in [2.45, 2.75) is 99.3 Å². The average Bonchev–Trinajstić information content (AvgIpc) is 3.01. The van der Waals surface area contributed by atoms with E-state index >= 15 is 0 Å². The van der Waals surface area contributed by atoms with E-state index in [1.807, 2.05) is 0 Å². The second kappa shape index (κ2) is 9.66. The van der Waals surface area contributed by atoms with Crippen molar-refractivity contribution < 1.29 is 19.8 Å². The summed E-state index contributed by atoms with van der Waals surface area (Å²) in [5.74, 6) is -0.886. The van der Waals surface area contributed by atoms with E-state index < -0.39 is 11.9 Å². The molecular formula is C30H46O4. The number of fused-ring (bicyclic) bond motifs is 3. The van der Waals surface area contributed by atoms with Crippen LogP contribution in [0.5, 0.6) is 0 Å². The highest BCUT2D eigenvalue weighted by molar-refractivity contribution is 5.70. The van der Waals surface area contributed by atoms with Crippen molar-refractivity contribution in [1.29, 1.82) is 0 Å². The highest BCUT2D eigenvalue weighted by atomic mass is 16.4. The molecular weight excluding hydrogens is 424 g/mol. The van der Waals surface area contributed by atoms with Crippen molar-refractivity contribution in [2.24, 2.45) is 39.9 Å². The number of aliphatic carboxylic acids is 2. The Hall–Kier alpha value is -1.84. The van der Waals surface area contributed by atoms with Crippen LogP contribution in [-0.2, 0) is 9.59 Å². The predicted molar refractivity (Wildman–Crippen MR) is 137 cm³/mol. The molecule has 3 aliphatic carbocycles. The highest BCUT2D eigenvalue weighted by Gasteiger charge is 2.64. The minimum Gasteiger partial charge on any atom is -0.481 e. The summed E-state index contributed by atoms with van der Waals surface area (Å²) in [6.07, 6.45) is 11.9. The van der Waals surface area contributed by atoms with Gasteiger partial charge in [-0.25, -0.2) is 0 Å². The Morgan fingerprint density at radius 2 is 1.82 bits per heavy atom. The molecule has 3 rings (SSSR count). The third-order valence-electron chi connectivity index (χ3n) is 10.5. The van der Waals surface area contributed by atoms with Gasteiger partial charge in [-0.15, -0.1) is 0 Å². The first-order chi connectivity index (χ1) is 15.8. The van der Waals surface area contributed by atoms with Gasteiger partial charge in [0.15, 0.2) is 0 Å². The molecule has 4 nitrogen and oxygen atoms in total.